The van der Waals surface area contributed by atoms with Crippen LogP contribution in [0, 0.1) is 0 Å². The smallest absolute Gasteiger partial charge is 0.262 e. The molecular formula is C24H21N3O4S2. The van der Waals surface area contributed by atoms with Crippen molar-refractivity contribution < 1.29 is 19.1 Å². The number of aromatic nitrogens is 1. The van der Waals surface area contributed by atoms with Crippen molar-refractivity contribution in [2.75, 3.05) is 30.1 Å². The summed E-state index contributed by atoms with van der Waals surface area (Å²) in [7, 11) is 1.56. The van der Waals surface area contributed by atoms with Gasteiger partial charge in [0.15, 0.2) is 10.9 Å². The van der Waals surface area contributed by atoms with Crippen LogP contribution in [0.25, 0.3) is 10.2 Å². The number of anilines is 2. The number of hydrogen-bond acceptors (Lipinski definition) is 7. The molecule has 1 heterocycles. The molecule has 0 unspecified atom stereocenters. The van der Waals surface area contributed by atoms with Gasteiger partial charge in [-0.05, 0) is 42.5 Å². The van der Waals surface area contributed by atoms with Gasteiger partial charge in [-0.15, -0.1) is 11.3 Å². The molecule has 4 aromatic rings. The number of thioether (sulfide) groups is 1. The van der Waals surface area contributed by atoms with Gasteiger partial charge in [0.2, 0.25) is 5.91 Å². The summed E-state index contributed by atoms with van der Waals surface area (Å²) in [5, 5.41) is 5.69. The van der Waals surface area contributed by atoms with Crippen LogP contribution in [0.3, 0.4) is 0 Å². The molecule has 0 aliphatic rings. The molecule has 0 atom stereocenters. The van der Waals surface area contributed by atoms with E-state index in [-0.39, 0.29) is 24.2 Å². The molecule has 9 heteroatoms. The fourth-order valence-corrected chi connectivity index (χ4v) is 4.87. The normalized spacial score (nSPS) is 10.6. The Kier molecular flexibility index (Phi) is 7.43. The zero-order chi connectivity index (χ0) is 23.0. The van der Waals surface area contributed by atoms with Crippen LogP contribution in [0.2, 0.25) is 0 Å². The summed E-state index contributed by atoms with van der Waals surface area (Å²) in [6, 6.07) is 22.0. The number of carbonyl (C=O) groups excluding carboxylic acids is 2. The van der Waals surface area contributed by atoms with Crippen molar-refractivity contribution in [1.29, 1.82) is 0 Å². The second-order valence-electron chi connectivity index (χ2n) is 6.85. The number of nitrogens with one attached hydrogen (secondary N) is 2. The Labute approximate surface area is 199 Å². The van der Waals surface area contributed by atoms with Crippen molar-refractivity contribution >= 4 is 56.5 Å². The number of fused-ring (bicyclic) bond motifs is 1. The Balaban J connectivity index is 1.32. The van der Waals surface area contributed by atoms with Crippen LogP contribution in [-0.4, -0.2) is 36.3 Å². The minimum Gasteiger partial charge on any atom is -0.495 e. The van der Waals surface area contributed by atoms with Crippen molar-refractivity contribution in [3.05, 3.63) is 72.8 Å². The van der Waals surface area contributed by atoms with Crippen molar-refractivity contribution in [2.24, 2.45) is 0 Å². The Hall–Kier alpha value is -3.56. The van der Waals surface area contributed by atoms with E-state index in [9.17, 15) is 9.59 Å². The summed E-state index contributed by atoms with van der Waals surface area (Å²) in [5.41, 5.74) is 2.11. The van der Waals surface area contributed by atoms with Crippen LogP contribution in [0.15, 0.2) is 77.1 Å². The molecule has 0 radical (unpaired) electrons. The lowest BCUT2D eigenvalue weighted by molar-refractivity contribution is -0.118. The Morgan fingerprint density at radius 2 is 1.76 bits per heavy atom. The van der Waals surface area contributed by atoms with Gasteiger partial charge in [-0.2, -0.15) is 0 Å². The summed E-state index contributed by atoms with van der Waals surface area (Å²) in [4.78, 5) is 29.1. The van der Waals surface area contributed by atoms with Gasteiger partial charge in [0.1, 0.15) is 11.5 Å². The summed E-state index contributed by atoms with van der Waals surface area (Å²) >= 11 is 2.83. The van der Waals surface area contributed by atoms with Gasteiger partial charge < -0.3 is 20.1 Å². The molecule has 33 heavy (non-hydrogen) atoms. The predicted molar refractivity (Wildman–Crippen MR) is 133 cm³/mol. The number of thiazole rings is 1. The number of para-hydroxylation sites is 3. The Morgan fingerprint density at radius 1 is 0.970 bits per heavy atom. The highest BCUT2D eigenvalue weighted by molar-refractivity contribution is 8.01. The molecule has 0 aliphatic heterocycles. The third-order valence-electron chi connectivity index (χ3n) is 4.47. The standard InChI is InChI=1S/C24H21N3O4S2/c1-30-20-10-6-5-9-18(20)26-23(29)15-32-24-27-19-12-11-16(13-21(19)33-24)25-22(28)14-31-17-7-3-2-4-8-17/h2-13H,14-15H2,1H3,(H,25,28)(H,26,29). The lowest BCUT2D eigenvalue weighted by Gasteiger charge is -2.09. The minimum absolute atomic E-state index is 0.0762. The van der Waals surface area contributed by atoms with Gasteiger partial charge in [0, 0.05) is 5.69 Å². The highest BCUT2D eigenvalue weighted by Gasteiger charge is 2.11. The largest absolute Gasteiger partial charge is 0.495 e. The molecule has 1 aromatic heterocycles. The first-order valence-corrected chi connectivity index (χ1v) is 11.8. The zero-order valence-corrected chi connectivity index (χ0v) is 19.4. The molecule has 3 aromatic carbocycles. The van der Waals surface area contributed by atoms with Crippen LogP contribution in [0.4, 0.5) is 11.4 Å². The van der Waals surface area contributed by atoms with Crippen molar-refractivity contribution in [3.8, 4) is 11.5 Å². The lowest BCUT2D eigenvalue weighted by atomic mass is 10.3. The van der Waals surface area contributed by atoms with Crippen LogP contribution in [-0.2, 0) is 9.59 Å². The van der Waals surface area contributed by atoms with E-state index in [1.807, 2.05) is 42.5 Å². The molecule has 2 amide bonds. The van der Waals surface area contributed by atoms with E-state index in [1.165, 1.54) is 23.1 Å². The summed E-state index contributed by atoms with van der Waals surface area (Å²) in [6.07, 6.45) is 0. The predicted octanol–water partition coefficient (Wildman–Crippen LogP) is 5.05. The molecule has 0 bridgehead atoms. The molecule has 168 valence electrons. The number of amides is 2. The Bertz CT molecular complexity index is 1260. The molecule has 4 rings (SSSR count). The van der Waals surface area contributed by atoms with Gasteiger partial charge in [0.05, 0.1) is 28.8 Å². The van der Waals surface area contributed by atoms with E-state index in [0.29, 0.717) is 22.9 Å². The van der Waals surface area contributed by atoms with Crippen LogP contribution < -0.4 is 20.1 Å². The highest BCUT2D eigenvalue weighted by atomic mass is 32.2. The SMILES string of the molecule is COc1ccccc1NC(=O)CSc1nc2ccc(NC(=O)COc3ccccc3)cc2s1. The molecule has 0 saturated heterocycles. The van der Waals surface area contributed by atoms with Crippen LogP contribution >= 0.6 is 23.1 Å². The molecule has 0 fully saturated rings. The number of rotatable bonds is 9. The maximum atomic E-state index is 12.3. The van der Waals surface area contributed by atoms with Gasteiger partial charge in [-0.1, -0.05) is 42.1 Å². The number of nitrogens with zero attached hydrogens (tertiary/aromatic N) is 1. The maximum Gasteiger partial charge on any atom is 0.262 e. The number of ether oxygens (including phenoxy) is 2. The molecule has 7 nitrogen and oxygen atoms in total. The van der Waals surface area contributed by atoms with E-state index < -0.39 is 0 Å². The average Bonchev–Trinajstić information content (AvgIpc) is 3.25. The van der Waals surface area contributed by atoms with Gasteiger partial charge in [-0.25, -0.2) is 4.98 Å². The minimum atomic E-state index is -0.245. The maximum absolute atomic E-state index is 12.3. The number of carbonyl (C=O) groups is 2. The molecule has 2 N–H and O–H groups in total. The summed E-state index contributed by atoms with van der Waals surface area (Å²) in [6.45, 7) is -0.0762. The quantitative estimate of drug-likeness (QED) is 0.327. The van der Waals surface area contributed by atoms with Crippen LogP contribution in [0.1, 0.15) is 0 Å². The molecule has 0 aliphatic carbocycles. The monoisotopic (exact) mass is 479 g/mol. The van der Waals surface area contributed by atoms with E-state index in [4.69, 9.17) is 9.47 Å². The third kappa shape index (κ3) is 6.24. The third-order valence-corrected chi connectivity index (χ3v) is 6.63. The van der Waals surface area contributed by atoms with E-state index in [0.717, 1.165) is 14.6 Å². The first-order valence-electron chi connectivity index (χ1n) is 10.0. The Morgan fingerprint density at radius 3 is 2.58 bits per heavy atom. The van der Waals surface area contributed by atoms with Crippen molar-refractivity contribution in [1.82, 2.24) is 4.98 Å². The molecular weight excluding hydrogens is 458 g/mol. The summed E-state index contributed by atoms with van der Waals surface area (Å²) < 4.78 is 12.4. The van der Waals surface area contributed by atoms with E-state index >= 15 is 0 Å². The number of methoxy groups -OCH3 is 1. The first kappa shape index (κ1) is 22.6. The van der Waals surface area contributed by atoms with Crippen molar-refractivity contribution in [3.63, 3.8) is 0 Å². The van der Waals surface area contributed by atoms with Crippen LogP contribution in [0.5, 0.6) is 11.5 Å². The second kappa shape index (κ2) is 10.8. The average molecular weight is 480 g/mol. The van der Waals surface area contributed by atoms with Gasteiger partial charge in [0.25, 0.3) is 5.91 Å². The lowest BCUT2D eigenvalue weighted by Crippen LogP contribution is -2.20. The highest BCUT2D eigenvalue weighted by Crippen LogP contribution is 2.31. The van der Waals surface area contributed by atoms with E-state index in [1.54, 1.807) is 37.4 Å². The topological polar surface area (TPSA) is 89.5 Å². The fourth-order valence-electron chi connectivity index (χ4n) is 2.97. The summed E-state index contributed by atoms with van der Waals surface area (Å²) in [5.74, 6) is 1.08. The fraction of sp³-hybridized carbons (Fsp3) is 0.125. The number of hydrogen-bond donors (Lipinski definition) is 2. The molecule has 0 spiro atoms. The molecule has 0 saturated carbocycles. The number of benzene rings is 3. The zero-order valence-electron chi connectivity index (χ0n) is 17.7. The van der Waals surface area contributed by atoms with Crippen molar-refractivity contribution in [2.45, 2.75) is 4.34 Å². The second-order valence-corrected chi connectivity index (χ2v) is 9.10. The first-order chi connectivity index (χ1) is 16.1. The van der Waals surface area contributed by atoms with Gasteiger partial charge >= 0.3 is 0 Å². The van der Waals surface area contributed by atoms with E-state index in [2.05, 4.69) is 15.6 Å². The van der Waals surface area contributed by atoms with Gasteiger partial charge in [-0.3, -0.25) is 9.59 Å².